The van der Waals surface area contributed by atoms with E-state index in [1.165, 1.54) is 24.3 Å². The standard InChI is InChI=1S/C62H90N12O25/c1-24-8-7-9-25(2)62(24)93-23-36-51(99-62)46(84)49(87)59(97-36)98-50-35(22-77)96-58(48(86)45(50)83)94-29-14-12-27(13-15-29)16-30-53(89)72-39(41(79)31-17-66-60(63)70-31)56(92)73-40(42(80)33-18-67-61(64)74(33)57-47(85)44(82)43(81)34(21-76)95-57)55(91)69-32(20-75)52(88)65-19-37(78)71-38(54(90)68-30)26(3)28-10-5-4-6-11-28/h4-6,10-15,24-26,30-36,38-51,57-59,75-77,79-87H,7-9,16-23H2,1-3H3,(H2,64,67)(H,65,88)(H,68,90)(H,69,91)(H,71,78)(H,72,89)(H,73,92)(H3,63,66,70). The second-order valence-corrected chi connectivity index (χ2v) is 26.2. The summed E-state index contributed by atoms with van der Waals surface area (Å²) in [4.78, 5) is 96.6. The molecule has 548 valence electrons. The van der Waals surface area contributed by atoms with E-state index in [1.807, 2.05) is 13.8 Å². The van der Waals surface area contributed by atoms with Crippen LogP contribution in [0.4, 0.5) is 0 Å². The van der Waals surface area contributed by atoms with Gasteiger partial charge in [-0.2, -0.15) is 0 Å². The zero-order valence-electron chi connectivity index (χ0n) is 54.2. The number of ether oxygens (including phenoxy) is 7. The quantitative estimate of drug-likeness (QED) is 0.0742. The van der Waals surface area contributed by atoms with E-state index in [1.54, 1.807) is 37.3 Å². The fourth-order valence-corrected chi connectivity index (χ4v) is 13.9. The normalized spacial score (nSPS) is 40.0. The molecule has 8 aliphatic rings. The van der Waals surface area contributed by atoms with Gasteiger partial charge in [-0.15, -0.1) is 0 Å². The summed E-state index contributed by atoms with van der Waals surface area (Å²) in [5.41, 5.74) is 12.9. The van der Waals surface area contributed by atoms with Crippen molar-refractivity contribution >= 4 is 47.4 Å². The molecule has 10 rings (SSSR count). The molecule has 1 aliphatic carbocycles. The number of aliphatic hydroxyl groups excluding tert-OH is 12. The molecule has 2 aromatic carbocycles. The summed E-state index contributed by atoms with van der Waals surface area (Å²) in [6.45, 7) is 0.921. The Balaban J connectivity index is 0.910. The van der Waals surface area contributed by atoms with Crippen LogP contribution in [0.25, 0.3) is 0 Å². The van der Waals surface area contributed by atoms with Crippen LogP contribution >= 0.6 is 0 Å². The van der Waals surface area contributed by atoms with E-state index in [4.69, 9.17) is 44.6 Å². The fraction of sp³-hybridized carbons (Fsp3) is 0.677. The molecule has 27 atom stereocenters. The van der Waals surface area contributed by atoms with Crippen molar-refractivity contribution in [3.05, 3.63) is 65.7 Å². The molecule has 6 amide bonds. The van der Waals surface area contributed by atoms with E-state index in [0.717, 1.165) is 24.2 Å². The smallest absolute Gasteiger partial charge is 0.246 e. The van der Waals surface area contributed by atoms with Gasteiger partial charge in [-0.25, -0.2) is 0 Å². The molecule has 0 aromatic heterocycles. The highest BCUT2D eigenvalue weighted by Crippen LogP contribution is 2.47. The predicted octanol–water partition coefficient (Wildman–Crippen LogP) is -10.4. The Hall–Kier alpha value is -7.12. The molecule has 1 spiro atoms. The Labute approximate surface area is 566 Å². The summed E-state index contributed by atoms with van der Waals surface area (Å²) in [5.74, 6) is -9.92. The van der Waals surface area contributed by atoms with Crippen LogP contribution in [-0.2, 0) is 63.6 Å². The molecule has 99 heavy (non-hydrogen) atoms. The fourth-order valence-electron chi connectivity index (χ4n) is 13.9. The van der Waals surface area contributed by atoms with Crippen molar-refractivity contribution in [2.75, 3.05) is 46.1 Å². The Bertz CT molecular complexity index is 3210. The summed E-state index contributed by atoms with van der Waals surface area (Å²) >= 11 is 0. The Morgan fingerprint density at radius 1 is 0.636 bits per heavy atom. The maximum Gasteiger partial charge on any atom is 0.246 e. The van der Waals surface area contributed by atoms with Gasteiger partial charge < -0.3 is 148 Å². The van der Waals surface area contributed by atoms with Crippen LogP contribution < -0.4 is 53.4 Å². The number of guanidine groups is 2. The zero-order chi connectivity index (χ0) is 71.5. The minimum Gasteiger partial charge on any atom is -0.462 e. The van der Waals surface area contributed by atoms with E-state index < -0.39 is 239 Å². The summed E-state index contributed by atoms with van der Waals surface area (Å²) < 4.78 is 42.4. The molecule has 1 saturated carbocycles. The summed E-state index contributed by atoms with van der Waals surface area (Å²) in [6.07, 6.45) is -26.8. The number of carbonyl (C=O) groups excluding carboxylic acids is 6. The molecule has 2 aromatic rings. The lowest BCUT2D eigenvalue weighted by Gasteiger charge is -2.56. The van der Waals surface area contributed by atoms with E-state index in [2.05, 4.69) is 47.2 Å². The molecule has 37 heteroatoms. The van der Waals surface area contributed by atoms with Gasteiger partial charge in [-0.1, -0.05) is 69.7 Å². The molecule has 0 bridgehead atoms. The van der Waals surface area contributed by atoms with Crippen molar-refractivity contribution < 1.29 is 123 Å². The average Bonchev–Trinajstić information content (AvgIpc) is 1.72. The third-order valence-electron chi connectivity index (χ3n) is 19.8. The van der Waals surface area contributed by atoms with Gasteiger partial charge in [0.25, 0.3) is 0 Å². The number of nitrogens with one attached hydrogen (secondary N) is 7. The van der Waals surface area contributed by atoms with Gasteiger partial charge >= 0.3 is 0 Å². The minimum absolute atomic E-state index is 0.0235. The Morgan fingerprint density at radius 3 is 1.93 bits per heavy atom. The lowest BCUT2D eigenvalue weighted by atomic mass is 9.76. The first-order valence-corrected chi connectivity index (χ1v) is 32.8. The number of hydrogen-bond donors (Lipinski definition) is 21. The molecule has 5 saturated heterocycles. The van der Waals surface area contributed by atoms with Gasteiger partial charge in [0.05, 0.1) is 58.1 Å². The molecule has 27 unspecified atom stereocenters. The second-order valence-electron chi connectivity index (χ2n) is 26.2. The van der Waals surface area contributed by atoms with Crippen LogP contribution in [0.3, 0.4) is 0 Å². The van der Waals surface area contributed by atoms with Crippen LogP contribution in [0.2, 0.25) is 0 Å². The number of aliphatic hydroxyl groups is 12. The topological polar surface area (TPSA) is 574 Å². The number of nitrogens with two attached hydrogens (primary N) is 2. The molecule has 37 nitrogen and oxygen atoms in total. The van der Waals surface area contributed by atoms with Crippen molar-refractivity contribution in [2.45, 2.75) is 205 Å². The van der Waals surface area contributed by atoms with Gasteiger partial charge in [0.2, 0.25) is 41.7 Å². The van der Waals surface area contributed by atoms with E-state index in [0.29, 0.717) is 5.56 Å². The number of hydrogen-bond acceptors (Lipinski definition) is 31. The highest BCUT2D eigenvalue weighted by Gasteiger charge is 2.59. The monoisotopic (exact) mass is 1400 g/mol. The maximum atomic E-state index is 15.2. The van der Waals surface area contributed by atoms with Gasteiger partial charge in [-0.05, 0) is 36.1 Å². The summed E-state index contributed by atoms with van der Waals surface area (Å²) in [7, 11) is 0. The van der Waals surface area contributed by atoms with Crippen LogP contribution in [0, 0.1) is 11.8 Å². The Morgan fingerprint density at radius 2 is 1.27 bits per heavy atom. The summed E-state index contributed by atoms with van der Waals surface area (Å²) in [5, 5.41) is 151. The van der Waals surface area contributed by atoms with Crippen molar-refractivity contribution in [1.82, 2.24) is 42.1 Å². The lowest BCUT2D eigenvalue weighted by molar-refractivity contribution is -0.423. The number of rotatable bonds is 16. The van der Waals surface area contributed by atoms with Crippen LogP contribution in [-0.4, -0.2) is 312 Å². The average molecular weight is 1400 g/mol. The number of aliphatic imine (C=N–C) groups is 2. The largest absolute Gasteiger partial charge is 0.462 e. The van der Waals surface area contributed by atoms with Gasteiger partial charge in [0.1, 0.15) is 121 Å². The van der Waals surface area contributed by atoms with Crippen molar-refractivity contribution in [2.24, 2.45) is 33.3 Å². The summed E-state index contributed by atoms with van der Waals surface area (Å²) in [6, 6.07) is 1.10. The highest BCUT2D eigenvalue weighted by atomic mass is 16.8. The number of amides is 6. The second kappa shape index (κ2) is 31.8. The van der Waals surface area contributed by atoms with Crippen LogP contribution in [0.1, 0.15) is 57.1 Å². The van der Waals surface area contributed by atoms with E-state index in [-0.39, 0.29) is 42.3 Å². The molecule has 7 heterocycles. The Kier molecular flexibility index (Phi) is 24.0. The third kappa shape index (κ3) is 15.8. The first-order valence-electron chi connectivity index (χ1n) is 32.8. The van der Waals surface area contributed by atoms with Gasteiger partial charge in [-0.3, -0.25) is 38.8 Å². The zero-order valence-corrected chi connectivity index (χ0v) is 54.2. The minimum atomic E-state index is -2.34. The lowest BCUT2D eigenvalue weighted by Crippen LogP contribution is -2.70. The molecule has 6 fully saturated rings. The van der Waals surface area contributed by atoms with E-state index in [9.17, 15) is 80.5 Å². The third-order valence-corrected chi connectivity index (χ3v) is 19.8. The molecular formula is C62H90N12O25. The molecule has 23 N–H and O–H groups in total. The van der Waals surface area contributed by atoms with Gasteiger partial charge in [0.15, 0.2) is 30.2 Å². The highest BCUT2D eigenvalue weighted by molar-refractivity contribution is 5.98. The first-order chi connectivity index (χ1) is 47.2. The molecular weight excluding hydrogens is 1310 g/mol. The number of carbonyl (C=O) groups is 6. The van der Waals surface area contributed by atoms with Crippen molar-refractivity contribution in [1.29, 1.82) is 0 Å². The van der Waals surface area contributed by atoms with Crippen LogP contribution in [0.15, 0.2) is 64.6 Å². The number of benzene rings is 2. The first kappa shape index (κ1) is 74.6. The molecule has 7 aliphatic heterocycles. The number of nitrogens with zero attached hydrogens (tertiary/aromatic N) is 3. The maximum absolute atomic E-state index is 15.2. The van der Waals surface area contributed by atoms with E-state index >= 15 is 9.59 Å². The van der Waals surface area contributed by atoms with Gasteiger partial charge in [0, 0.05) is 24.2 Å². The predicted molar refractivity (Wildman–Crippen MR) is 336 cm³/mol. The van der Waals surface area contributed by atoms with Crippen molar-refractivity contribution in [3.8, 4) is 5.75 Å². The molecule has 0 radical (unpaired) electrons. The van der Waals surface area contributed by atoms with Crippen molar-refractivity contribution in [3.63, 3.8) is 0 Å². The number of fused-ring (bicyclic) bond motifs is 1. The SMILES string of the molecule is CC(c1ccccc1)C1NC(=O)CNC(=O)C(CO)NC(=O)C(C(O)C2CN=C(N)N2C2OC(CO)C(O)C(O)C2O)NC(=O)C(C(O)C2CN=C(N)N2)NC(=O)C(Cc2ccc(OC3OC(CO)C(OC4OC5COC6(OC5C(O)C4O)C(C)CCCC6C)C(O)C3O)cc2)NC1=O. The van der Waals surface area contributed by atoms with Crippen LogP contribution in [0.5, 0.6) is 5.75 Å².